The smallest absolute Gasteiger partial charge is 0.227 e. The molecule has 2 aromatic rings. The Morgan fingerprint density at radius 3 is 2.74 bits per heavy atom. The number of amides is 1. The third-order valence-corrected chi connectivity index (χ3v) is 2.88. The van der Waals surface area contributed by atoms with Crippen LogP contribution >= 0.6 is 0 Å². The predicted octanol–water partition coefficient (Wildman–Crippen LogP) is 2.45. The van der Waals surface area contributed by atoms with Gasteiger partial charge in [-0.3, -0.25) is 9.78 Å². The highest BCUT2D eigenvalue weighted by Gasteiger charge is 2.13. The molecule has 0 saturated carbocycles. The molecule has 0 saturated heterocycles. The monoisotopic (exact) mass is 256 g/mol. The summed E-state index contributed by atoms with van der Waals surface area (Å²) in [5.41, 5.74) is 2.35. The molecule has 0 bridgehead atoms. The second kappa shape index (κ2) is 6.11. The molecule has 0 fully saturated rings. The van der Waals surface area contributed by atoms with Crippen LogP contribution in [0, 0.1) is 6.92 Å². The maximum atomic E-state index is 11.8. The first-order valence-corrected chi connectivity index (χ1v) is 6.10. The number of pyridine rings is 1. The van der Waals surface area contributed by atoms with E-state index in [1.54, 1.807) is 24.5 Å². The second-order valence-corrected chi connectivity index (χ2v) is 4.37. The Morgan fingerprint density at radius 1 is 1.32 bits per heavy atom. The van der Waals surface area contributed by atoms with Crippen molar-refractivity contribution in [2.75, 3.05) is 5.32 Å². The van der Waals surface area contributed by atoms with Crippen LogP contribution in [0.25, 0.3) is 0 Å². The zero-order valence-electron chi connectivity index (χ0n) is 10.7. The fourth-order valence-corrected chi connectivity index (χ4v) is 1.76. The van der Waals surface area contributed by atoms with E-state index >= 15 is 0 Å². The number of carbonyl (C=O) groups excluding carboxylic acids is 1. The lowest BCUT2D eigenvalue weighted by Gasteiger charge is -2.12. The molecule has 1 atom stereocenters. The molecule has 1 amide bonds. The Labute approximate surface area is 112 Å². The van der Waals surface area contributed by atoms with Gasteiger partial charge in [-0.25, -0.2) is 0 Å². The van der Waals surface area contributed by atoms with Gasteiger partial charge in [0, 0.05) is 6.20 Å². The molecule has 0 aliphatic carbocycles. The van der Waals surface area contributed by atoms with Crippen molar-refractivity contribution in [3.63, 3.8) is 0 Å². The number of aryl methyl sites for hydroxylation is 1. The van der Waals surface area contributed by atoms with Gasteiger partial charge in [-0.15, -0.1) is 0 Å². The molecule has 2 rings (SSSR count). The average Bonchev–Trinajstić information content (AvgIpc) is 2.42. The molecular weight excluding hydrogens is 240 g/mol. The van der Waals surface area contributed by atoms with Gasteiger partial charge >= 0.3 is 0 Å². The number of benzene rings is 1. The summed E-state index contributed by atoms with van der Waals surface area (Å²) in [6.07, 6.45) is 2.50. The topological polar surface area (TPSA) is 62.2 Å². The molecule has 2 N–H and O–H groups in total. The summed E-state index contributed by atoms with van der Waals surface area (Å²) in [5, 5.41) is 12.7. The maximum Gasteiger partial charge on any atom is 0.227 e. The number of rotatable bonds is 4. The zero-order valence-corrected chi connectivity index (χ0v) is 10.7. The minimum Gasteiger partial charge on any atom is -0.388 e. The van der Waals surface area contributed by atoms with Crippen LogP contribution in [0.2, 0.25) is 0 Å². The van der Waals surface area contributed by atoms with Crippen LogP contribution in [-0.4, -0.2) is 16.0 Å². The SMILES string of the molecule is Cc1ccncc1NC(=O)CC(O)c1ccccc1. The van der Waals surface area contributed by atoms with Gasteiger partial charge in [-0.2, -0.15) is 0 Å². The van der Waals surface area contributed by atoms with Gasteiger partial charge in [-0.05, 0) is 24.1 Å². The van der Waals surface area contributed by atoms with E-state index < -0.39 is 6.10 Å². The Balaban J connectivity index is 1.97. The van der Waals surface area contributed by atoms with Crippen molar-refractivity contribution >= 4 is 11.6 Å². The third-order valence-electron chi connectivity index (χ3n) is 2.88. The third kappa shape index (κ3) is 3.63. The van der Waals surface area contributed by atoms with Crippen molar-refractivity contribution in [3.8, 4) is 0 Å². The summed E-state index contributed by atoms with van der Waals surface area (Å²) < 4.78 is 0. The Kier molecular flexibility index (Phi) is 4.26. The van der Waals surface area contributed by atoms with Crippen molar-refractivity contribution < 1.29 is 9.90 Å². The molecule has 0 aliphatic heterocycles. The van der Waals surface area contributed by atoms with E-state index in [2.05, 4.69) is 10.3 Å². The van der Waals surface area contributed by atoms with E-state index in [-0.39, 0.29) is 12.3 Å². The van der Waals surface area contributed by atoms with E-state index in [1.807, 2.05) is 31.2 Å². The summed E-state index contributed by atoms with van der Waals surface area (Å²) in [4.78, 5) is 15.8. The highest BCUT2D eigenvalue weighted by Crippen LogP contribution is 2.18. The molecule has 1 aromatic carbocycles. The predicted molar refractivity (Wildman–Crippen MR) is 73.6 cm³/mol. The van der Waals surface area contributed by atoms with Crippen LogP contribution in [-0.2, 0) is 4.79 Å². The van der Waals surface area contributed by atoms with Gasteiger partial charge in [0.15, 0.2) is 0 Å². The Bertz CT molecular complexity index is 555. The molecule has 0 radical (unpaired) electrons. The Morgan fingerprint density at radius 2 is 2.05 bits per heavy atom. The molecule has 0 aliphatic rings. The molecule has 4 nitrogen and oxygen atoms in total. The Hall–Kier alpha value is -2.20. The summed E-state index contributed by atoms with van der Waals surface area (Å²) >= 11 is 0. The van der Waals surface area contributed by atoms with Crippen molar-refractivity contribution in [1.29, 1.82) is 0 Å². The lowest BCUT2D eigenvalue weighted by molar-refractivity contribution is -0.118. The minimum atomic E-state index is -0.793. The van der Waals surface area contributed by atoms with E-state index in [0.717, 1.165) is 11.1 Å². The number of carbonyl (C=O) groups is 1. The number of aromatic nitrogens is 1. The number of aliphatic hydroxyl groups excluding tert-OH is 1. The molecule has 1 aromatic heterocycles. The van der Waals surface area contributed by atoms with Crippen molar-refractivity contribution in [2.45, 2.75) is 19.4 Å². The largest absolute Gasteiger partial charge is 0.388 e. The van der Waals surface area contributed by atoms with Gasteiger partial charge in [-0.1, -0.05) is 30.3 Å². The number of aliphatic hydroxyl groups is 1. The zero-order chi connectivity index (χ0) is 13.7. The van der Waals surface area contributed by atoms with E-state index in [4.69, 9.17) is 0 Å². The first kappa shape index (κ1) is 13.2. The number of nitrogens with zero attached hydrogens (tertiary/aromatic N) is 1. The minimum absolute atomic E-state index is 0.0261. The van der Waals surface area contributed by atoms with Gasteiger partial charge < -0.3 is 10.4 Å². The highest BCUT2D eigenvalue weighted by atomic mass is 16.3. The van der Waals surface area contributed by atoms with Crippen molar-refractivity contribution in [2.24, 2.45) is 0 Å². The van der Waals surface area contributed by atoms with Crippen LogP contribution in [0.5, 0.6) is 0 Å². The highest BCUT2D eigenvalue weighted by molar-refractivity contribution is 5.91. The summed E-state index contributed by atoms with van der Waals surface area (Å²) in [5.74, 6) is -0.229. The molecule has 1 unspecified atom stereocenters. The molecule has 98 valence electrons. The van der Waals surface area contributed by atoms with Gasteiger partial charge in [0.2, 0.25) is 5.91 Å². The number of hydrogen-bond acceptors (Lipinski definition) is 3. The molecule has 1 heterocycles. The van der Waals surface area contributed by atoms with Gasteiger partial charge in [0.05, 0.1) is 24.4 Å². The first-order valence-electron chi connectivity index (χ1n) is 6.10. The van der Waals surface area contributed by atoms with Gasteiger partial charge in [0.1, 0.15) is 0 Å². The standard InChI is InChI=1S/C15H16N2O2/c1-11-7-8-16-10-13(11)17-15(19)9-14(18)12-5-3-2-4-6-12/h2-8,10,14,18H,9H2,1H3,(H,17,19). The number of nitrogens with one attached hydrogen (secondary N) is 1. The van der Waals surface area contributed by atoms with Crippen LogP contribution in [0.4, 0.5) is 5.69 Å². The second-order valence-electron chi connectivity index (χ2n) is 4.37. The normalized spacial score (nSPS) is 11.9. The maximum absolute atomic E-state index is 11.8. The van der Waals surface area contributed by atoms with E-state index in [0.29, 0.717) is 5.69 Å². The summed E-state index contributed by atoms with van der Waals surface area (Å²) in [7, 11) is 0. The summed E-state index contributed by atoms with van der Waals surface area (Å²) in [6.45, 7) is 1.89. The van der Waals surface area contributed by atoms with Crippen LogP contribution in [0.15, 0.2) is 48.8 Å². The number of hydrogen-bond donors (Lipinski definition) is 2. The van der Waals surface area contributed by atoms with Crippen molar-refractivity contribution in [1.82, 2.24) is 4.98 Å². The van der Waals surface area contributed by atoms with E-state index in [1.165, 1.54) is 0 Å². The van der Waals surface area contributed by atoms with Crippen LogP contribution in [0.3, 0.4) is 0 Å². The molecular formula is C15H16N2O2. The molecule has 4 heteroatoms. The quantitative estimate of drug-likeness (QED) is 0.883. The lowest BCUT2D eigenvalue weighted by Crippen LogP contribution is -2.16. The van der Waals surface area contributed by atoms with Crippen molar-refractivity contribution in [3.05, 3.63) is 59.9 Å². The lowest BCUT2D eigenvalue weighted by atomic mass is 10.1. The fraction of sp³-hybridized carbons (Fsp3) is 0.200. The molecule has 0 spiro atoms. The average molecular weight is 256 g/mol. The van der Waals surface area contributed by atoms with Gasteiger partial charge in [0.25, 0.3) is 0 Å². The molecule has 19 heavy (non-hydrogen) atoms. The fourth-order valence-electron chi connectivity index (χ4n) is 1.76. The van der Waals surface area contributed by atoms with Crippen LogP contribution < -0.4 is 5.32 Å². The number of anilines is 1. The summed E-state index contributed by atoms with van der Waals surface area (Å²) in [6, 6.07) is 11.0. The van der Waals surface area contributed by atoms with Crippen LogP contribution in [0.1, 0.15) is 23.7 Å². The van der Waals surface area contributed by atoms with E-state index in [9.17, 15) is 9.90 Å². The first-order chi connectivity index (χ1) is 9.16.